The second-order valence-corrected chi connectivity index (χ2v) is 8.19. The largest absolute Gasteiger partial charge is 0.368 e. The first-order valence-electron chi connectivity index (χ1n) is 10.1. The molecule has 1 saturated heterocycles. The number of hydroxylamine groups is 1. The molecule has 2 aromatic carbocycles. The maximum atomic E-state index is 12.6. The highest BCUT2D eigenvalue weighted by molar-refractivity contribution is 5.90. The highest BCUT2D eigenvalue weighted by Crippen LogP contribution is 2.24. The average Bonchev–Trinajstić information content (AvgIpc) is 2.78. The van der Waals surface area contributed by atoms with E-state index in [-0.39, 0.29) is 0 Å². The first-order valence-corrected chi connectivity index (χ1v) is 10.1. The summed E-state index contributed by atoms with van der Waals surface area (Å²) >= 11 is 0. The first-order chi connectivity index (χ1) is 14.7. The highest BCUT2D eigenvalue weighted by Gasteiger charge is 2.50. The van der Waals surface area contributed by atoms with Gasteiger partial charge in [0.2, 0.25) is 5.72 Å². The average molecular weight is 428 g/mol. The Kier molecular flexibility index (Phi) is 6.49. The Labute approximate surface area is 181 Å². The lowest BCUT2D eigenvalue weighted by Gasteiger charge is -2.41. The van der Waals surface area contributed by atoms with Gasteiger partial charge in [-0.05, 0) is 37.1 Å². The molecule has 0 spiro atoms. The van der Waals surface area contributed by atoms with Gasteiger partial charge in [-0.1, -0.05) is 42.5 Å². The van der Waals surface area contributed by atoms with Gasteiger partial charge in [-0.2, -0.15) is 0 Å². The zero-order chi connectivity index (χ0) is 22.6. The molecule has 31 heavy (non-hydrogen) atoms. The van der Waals surface area contributed by atoms with Gasteiger partial charge in [0.25, 0.3) is 5.91 Å². The number of rotatable bonds is 5. The van der Waals surface area contributed by atoms with Crippen molar-refractivity contribution >= 4 is 17.6 Å². The second kappa shape index (κ2) is 8.93. The van der Waals surface area contributed by atoms with Crippen LogP contribution >= 0.6 is 0 Å². The van der Waals surface area contributed by atoms with Crippen molar-refractivity contribution < 1.29 is 19.9 Å². The molecule has 0 bridgehead atoms. The number of nitrogens with two attached hydrogens (primary N) is 1. The number of piperazine rings is 1. The van der Waals surface area contributed by atoms with Gasteiger partial charge < -0.3 is 26.0 Å². The number of carbonyl (C=O) groups is 2. The summed E-state index contributed by atoms with van der Waals surface area (Å²) < 4.78 is 0. The van der Waals surface area contributed by atoms with Gasteiger partial charge in [-0.15, -0.1) is 0 Å². The summed E-state index contributed by atoms with van der Waals surface area (Å²) in [6, 6.07) is 17.7. The van der Waals surface area contributed by atoms with Crippen LogP contribution in [0.3, 0.4) is 0 Å². The zero-order valence-corrected chi connectivity index (χ0v) is 17.7. The number of anilines is 1. The molecule has 0 aromatic heterocycles. The first kappa shape index (κ1) is 22.5. The van der Waals surface area contributed by atoms with Crippen LogP contribution in [0.2, 0.25) is 0 Å². The molecule has 0 aliphatic carbocycles. The maximum absolute atomic E-state index is 12.6. The molecule has 0 radical (unpaired) electrons. The van der Waals surface area contributed by atoms with Crippen molar-refractivity contribution in [3.8, 4) is 11.1 Å². The number of hydrogen-bond acceptors (Lipinski definition) is 6. The van der Waals surface area contributed by atoms with E-state index in [4.69, 9.17) is 10.9 Å². The van der Waals surface area contributed by atoms with E-state index in [9.17, 15) is 14.7 Å². The van der Waals surface area contributed by atoms with E-state index >= 15 is 0 Å². The van der Waals surface area contributed by atoms with Crippen molar-refractivity contribution in [2.75, 3.05) is 31.1 Å². The lowest BCUT2D eigenvalue weighted by atomic mass is 9.90. The van der Waals surface area contributed by atoms with Crippen LogP contribution in [0, 0.1) is 0 Å². The number of carbonyl (C=O) groups excluding carboxylic acids is 2. The van der Waals surface area contributed by atoms with E-state index in [1.807, 2.05) is 18.2 Å². The number of nitrogens with one attached hydrogen (secondary N) is 2. The monoisotopic (exact) mass is 427 g/mol. The molecule has 3 rings (SSSR count). The Morgan fingerprint density at radius 2 is 1.48 bits per heavy atom. The standard InChI is InChI=1S/C22H29N5O4/c1-21(2,23)22(30,19(28)25-31)24-20(29)27-14-12-26(13-15-27)18-10-8-17(9-11-18)16-6-4-3-5-7-16/h3-11,30-31H,12-15,23H2,1-2H3,(H,24,29)(H,25,28)/t22-/m1/s1. The van der Waals surface area contributed by atoms with Crippen LogP contribution in [0.15, 0.2) is 54.6 Å². The number of amides is 3. The Hall–Kier alpha value is -3.14. The fourth-order valence-corrected chi connectivity index (χ4v) is 3.49. The van der Waals surface area contributed by atoms with E-state index in [1.165, 1.54) is 24.2 Å². The fourth-order valence-electron chi connectivity index (χ4n) is 3.49. The number of aliphatic hydroxyl groups is 1. The summed E-state index contributed by atoms with van der Waals surface area (Å²) in [4.78, 5) is 28.2. The lowest BCUT2D eigenvalue weighted by Crippen LogP contribution is -2.74. The van der Waals surface area contributed by atoms with Gasteiger partial charge in [0.15, 0.2) is 0 Å². The van der Waals surface area contributed by atoms with Crippen molar-refractivity contribution in [2.45, 2.75) is 25.1 Å². The van der Waals surface area contributed by atoms with Gasteiger partial charge in [-0.3, -0.25) is 10.0 Å². The number of urea groups is 1. The van der Waals surface area contributed by atoms with E-state index < -0.39 is 23.2 Å². The summed E-state index contributed by atoms with van der Waals surface area (Å²) in [5, 5.41) is 21.8. The number of nitrogens with zero attached hydrogens (tertiary/aromatic N) is 2. The van der Waals surface area contributed by atoms with E-state index in [1.54, 1.807) is 0 Å². The van der Waals surface area contributed by atoms with Crippen LogP contribution in [0.1, 0.15) is 13.8 Å². The lowest BCUT2D eigenvalue weighted by molar-refractivity contribution is -0.158. The molecular formula is C22H29N5O4. The molecule has 2 aromatic rings. The highest BCUT2D eigenvalue weighted by atomic mass is 16.5. The van der Waals surface area contributed by atoms with Crippen molar-refractivity contribution in [3.63, 3.8) is 0 Å². The SMILES string of the molecule is CC(C)(N)[C@@](O)(NC(=O)N1CCN(c2ccc(-c3ccccc3)cc2)CC1)C(=O)NO. The molecular weight excluding hydrogens is 398 g/mol. The van der Waals surface area contributed by atoms with Gasteiger partial charge in [0, 0.05) is 31.9 Å². The predicted octanol–water partition coefficient (Wildman–Crippen LogP) is 1.12. The summed E-state index contributed by atoms with van der Waals surface area (Å²) in [6.45, 7) is 4.73. The molecule has 9 nitrogen and oxygen atoms in total. The topological polar surface area (TPSA) is 131 Å². The summed E-state index contributed by atoms with van der Waals surface area (Å²) in [6.07, 6.45) is 0. The molecule has 1 aliphatic heterocycles. The maximum Gasteiger partial charge on any atom is 0.320 e. The van der Waals surface area contributed by atoms with Crippen LogP contribution in [0.4, 0.5) is 10.5 Å². The fraction of sp³-hybridized carbons (Fsp3) is 0.364. The summed E-state index contributed by atoms with van der Waals surface area (Å²) in [7, 11) is 0. The third-order valence-corrected chi connectivity index (χ3v) is 5.56. The molecule has 166 valence electrons. The van der Waals surface area contributed by atoms with E-state index in [0.717, 1.165) is 16.8 Å². The third-order valence-electron chi connectivity index (χ3n) is 5.56. The molecule has 1 aliphatic rings. The Balaban J connectivity index is 1.61. The number of benzene rings is 2. The van der Waals surface area contributed by atoms with Crippen molar-refractivity contribution in [3.05, 3.63) is 54.6 Å². The smallest absolute Gasteiger partial charge is 0.320 e. The quantitative estimate of drug-likeness (QED) is 0.276. The second-order valence-electron chi connectivity index (χ2n) is 8.19. The van der Waals surface area contributed by atoms with Crippen LogP contribution in [-0.4, -0.2) is 64.6 Å². The molecule has 9 heteroatoms. The van der Waals surface area contributed by atoms with Crippen LogP contribution in [-0.2, 0) is 4.79 Å². The molecule has 1 heterocycles. The van der Waals surface area contributed by atoms with Gasteiger partial charge in [0.05, 0.1) is 5.54 Å². The summed E-state index contributed by atoms with van der Waals surface area (Å²) in [5.41, 5.74) is 6.55. The van der Waals surface area contributed by atoms with Crippen molar-refractivity contribution in [1.29, 1.82) is 0 Å². The molecule has 1 fully saturated rings. The van der Waals surface area contributed by atoms with Crippen molar-refractivity contribution in [1.82, 2.24) is 15.7 Å². The van der Waals surface area contributed by atoms with Crippen molar-refractivity contribution in [2.24, 2.45) is 5.73 Å². The minimum absolute atomic E-state index is 0.397. The van der Waals surface area contributed by atoms with Gasteiger partial charge >= 0.3 is 6.03 Å². The minimum Gasteiger partial charge on any atom is -0.368 e. The minimum atomic E-state index is -2.47. The molecule has 3 amide bonds. The van der Waals surface area contributed by atoms with Crippen LogP contribution < -0.4 is 21.4 Å². The van der Waals surface area contributed by atoms with Crippen LogP contribution in [0.25, 0.3) is 11.1 Å². The third kappa shape index (κ3) is 4.79. The number of hydrogen-bond donors (Lipinski definition) is 5. The normalized spacial score (nSPS) is 16.4. The molecule has 6 N–H and O–H groups in total. The molecule has 0 unspecified atom stereocenters. The van der Waals surface area contributed by atoms with E-state index in [2.05, 4.69) is 46.6 Å². The summed E-state index contributed by atoms with van der Waals surface area (Å²) in [5.74, 6) is -1.20. The zero-order valence-electron chi connectivity index (χ0n) is 17.7. The predicted molar refractivity (Wildman–Crippen MR) is 117 cm³/mol. The molecule has 0 saturated carbocycles. The van der Waals surface area contributed by atoms with E-state index in [0.29, 0.717) is 26.2 Å². The Morgan fingerprint density at radius 3 is 2.00 bits per heavy atom. The Morgan fingerprint density at radius 1 is 0.935 bits per heavy atom. The van der Waals surface area contributed by atoms with Crippen LogP contribution in [0.5, 0.6) is 0 Å². The molecule has 1 atom stereocenters. The van der Waals surface area contributed by atoms with Gasteiger partial charge in [-0.25, -0.2) is 10.3 Å². The Bertz CT molecular complexity index is 906. The van der Waals surface area contributed by atoms with Gasteiger partial charge in [0.1, 0.15) is 0 Å².